The molecule has 0 amide bonds. The minimum atomic E-state index is 0.793. The lowest BCUT2D eigenvalue weighted by Gasteiger charge is -2.45. The molecule has 0 aliphatic carbocycles. The van der Waals surface area contributed by atoms with Crippen molar-refractivity contribution in [1.82, 2.24) is 4.90 Å². The van der Waals surface area contributed by atoms with Gasteiger partial charge in [0.25, 0.3) is 0 Å². The molecule has 2 rings (SSSR count). The summed E-state index contributed by atoms with van der Waals surface area (Å²) in [7, 11) is 0. The maximum Gasteiger partial charge on any atom is 0.0127 e. The minimum absolute atomic E-state index is 0.793. The summed E-state index contributed by atoms with van der Waals surface area (Å²) in [4.78, 5) is 2.79. The molecule has 17 heavy (non-hydrogen) atoms. The smallest absolute Gasteiger partial charge is 0.0127 e. The van der Waals surface area contributed by atoms with Crippen LogP contribution >= 0.6 is 0 Å². The van der Waals surface area contributed by atoms with Gasteiger partial charge in [0.15, 0.2) is 0 Å². The molecule has 2 saturated heterocycles. The second-order valence-corrected chi connectivity index (χ2v) is 5.85. The lowest BCUT2D eigenvalue weighted by molar-refractivity contribution is 0.0364. The van der Waals surface area contributed by atoms with Crippen molar-refractivity contribution in [2.24, 2.45) is 11.8 Å². The van der Waals surface area contributed by atoms with Gasteiger partial charge < -0.3 is 0 Å². The van der Waals surface area contributed by atoms with Crippen LogP contribution in [0.5, 0.6) is 0 Å². The zero-order valence-electron chi connectivity index (χ0n) is 11.2. The monoisotopic (exact) mass is 231 g/mol. The maximum atomic E-state index is 5.23. The number of piperidine rings is 1. The van der Waals surface area contributed by atoms with E-state index in [9.17, 15) is 0 Å². The van der Waals surface area contributed by atoms with E-state index in [2.05, 4.69) is 30.7 Å². The van der Waals surface area contributed by atoms with Crippen molar-refractivity contribution in [2.45, 2.75) is 58.0 Å². The largest absolute Gasteiger partial charge is 0.297 e. The number of hydrogen-bond donors (Lipinski definition) is 0. The van der Waals surface area contributed by atoms with E-state index in [1.54, 1.807) is 0 Å². The first-order valence-corrected chi connectivity index (χ1v) is 7.11. The topological polar surface area (TPSA) is 3.24 Å². The summed E-state index contributed by atoms with van der Waals surface area (Å²) in [5.74, 6) is 4.32. The maximum absolute atomic E-state index is 5.23. The van der Waals surface area contributed by atoms with Crippen LogP contribution < -0.4 is 0 Å². The molecule has 0 aromatic carbocycles. The number of nitrogens with zero attached hydrogens (tertiary/aromatic N) is 1. The molecule has 2 aliphatic rings. The Hall–Kier alpha value is -0.740. The number of terminal acetylenes is 1. The lowest BCUT2D eigenvalue weighted by atomic mass is 9.79. The summed E-state index contributed by atoms with van der Waals surface area (Å²) < 4.78 is 0. The van der Waals surface area contributed by atoms with E-state index in [-0.39, 0.29) is 0 Å². The summed E-state index contributed by atoms with van der Waals surface area (Å²) in [5.41, 5.74) is 0. The fourth-order valence-corrected chi connectivity index (χ4v) is 3.93. The van der Waals surface area contributed by atoms with Crippen molar-refractivity contribution in [3.63, 3.8) is 0 Å². The van der Waals surface area contributed by atoms with Gasteiger partial charge >= 0.3 is 0 Å². The van der Waals surface area contributed by atoms with Gasteiger partial charge in [-0.3, -0.25) is 4.90 Å². The molecule has 0 radical (unpaired) electrons. The van der Waals surface area contributed by atoms with Gasteiger partial charge in [-0.15, -0.1) is 6.42 Å². The molecular formula is C16H25N. The number of rotatable bonds is 3. The molecule has 0 aromatic rings. The molecule has 0 N–H and O–H groups in total. The van der Waals surface area contributed by atoms with Crippen molar-refractivity contribution in [3.8, 4) is 12.3 Å². The first kappa shape index (κ1) is 12.7. The summed E-state index contributed by atoms with van der Waals surface area (Å²) in [5, 5.41) is 0. The number of allylic oxidation sites excluding steroid dienone is 2. The van der Waals surface area contributed by atoms with Crippen LogP contribution in [-0.2, 0) is 0 Å². The molecule has 2 fully saturated rings. The third-order valence-corrected chi connectivity index (χ3v) is 4.67. The van der Waals surface area contributed by atoms with Crippen LogP contribution in [0.1, 0.15) is 46.0 Å². The molecule has 0 spiro atoms. The van der Waals surface area contributed by atoms with Crippen molar-refractivity contribution in [3.05, 3.63) is 12.2 Å². The summed E-state index contributed by atoms with van der Waals surface area (Å²) in [6.45, 7) is 6.19. The Bertz CT molecular complexity index is 312. The highest BCUT2D eigenvalue weighted by Crippen LogP contribution is 2.39. The van der Waals surface area contributed by atoms with E-state index in [0.29, 0.717) is 0 Å². The van der Waals surface area contributed by atoms with Gasteiger partial charge in [0.2, 0.25) is 0 Å². The first-order valence-electron chi connectivity index (χ1n) is 7.11. The van der Waals surface area contributed by atoms with Crippen LogP contribution in [0.3, 0.4) is 0 Å². The van der Waals surface area contributed by atoms with Crippen LogP contribution in [0, 0.1) is 24.2 Å². The Morgan fingerprint density at radius 3 is 2.94 bits per heavy atom. The highest BCUT2D eigenvalue weighted by Gasteiger charge is 2.40. The van der Waals surface area contributed by atoms with E-state index in [0.717, 1.165) is 30.3 Å². The predicted octanol–water partition coefficient (Wildman–Crippen LogP) is 3.46. The van der Waals surface area contributed by atoms with E-state index in [4.69, 9.17) is 6.42 Å². The van der Waals surface area contributed by atoms with Crippen LogP contribution in [0.15, 0.2) is 12.2 Å². The second kappa shape index (κ2) is 5.74. The summed E-state index contributed by atoms with van der Waals surface area (Å²) in [6.07, 6.45) is 15.9. The van der Waals surface area contributed by atoms with Gasteiger partial charge in [-0.05, 0) is 56.6 Å². The Morgan fingerprint density at radius 1 is 1.35 bits per heavy atom. The van der Waals surface area contributed by atoms with Gasteiger partial charge in [-0.1, -0.05) is 25.8 Å². The Kier molecular flexibility index (Phi) is 4.29. The fraction of sp³-hybridized carbons (Fsp3) is 0.750. The van der Waals surface area contributed by atoms with Gasteiger partial charge in [0, 0.05) is 12.1 Å². The third-order valence-electron chi connectivity index (χ3n) is 4.67. The molecule has 1 heteroatoms. The predicted molar refractivity (Wildman–Crippen MR) is 73.7 cm³/mol. The van der Waals surface area contributed by atoms with Crippen molar-refractivity contribution < 1.29 is 0 Å². The zero-order chi connectivity index (χ0) is 12.3. The minimum Gasteiger partial charge on any atom is -0.297 e. The molecular weight excluding hydrogens is 206 g/mol. The SMILES string of the molecule is C#C/C=C\CCC1C(C)CC(C)C2CCCN12. The Labute approximate surface area is 106 Å². The van der Waals surface area contributed by atoms with Gasteiger partial charge in [-0.2, -0.15) is 0 Å². The zero-order valence-corrected chi connectivity index (χ0v) is 11.2. The molecule has 0 aromatic heterocycles. The van der Waals surface area contributed by atoms with E-state index in [1.165, 1.54) is 32.2 Å². The van der Waals surface area contributed by atoms with Gasteiger partial charge in [0.05, 0.1) is 0 Å². The van der Waals surface area contributed by atoms with E-state index >= 15 is 0 Å². The number of fused-ring (bicyclic) bond motifs is 1. The highest BCUT2D eigenvalue weighted by molar-refractivity contribution is 5.08. The van der Waals surface area contributed by atoms with Crippen LogP contribution in [0.4, 0.5) is 0 Å². The normalized spacial score (nSPS) is 38.2. The van der Waals surface area contributed by atoms with E-state index < -0.39 is 0 Å². The van der Waals surface area contributed by atoms with Gasteiger partial charge in [0.1, 0.15) is 0 Å². The quantitative estimate of drug-likeness (QED) is 0.672. The van der Waals surface area contributed by atoms with Crippen LogP contribution in [-0.4, -0.2) is 23.5 Å². The van der Waals surface area contributed by atoms with Crippen molar-refractivity contribution >= 4 is 0 Å². The molecule has 94 valence electrons. The first-order chi connectivity index (χ1) is 8.24. The second-order valence-electron chi connectivity index (χ2n) is 5.85. The standard InChI is InChI=1S/C16H25N/c1-4-5-6-7-9-15-13(2)12-14(3)16-10-8-11-17(15)16/h1,5-6,13-16H,7-12H2,2-3H3/b6-5-. The van der Waals surface area contributed by atoms with Crippen LogP contribution in [0.2, 0.25) is 0 Å². The Morgan fingerprint density at radius 2 is 2.18 bits per heavy atom. The summed E-state index contributed by atoms with van der Waals surface area (Å²) in [6, 6.07) is 1.66. The summed E-state index contributed by atoms with van der Waals surface area (Å²) >= 11 is 0. The number of hydrogen-bond acceptors (Lipinski definition) is 1. The molecule has 2 aliphatic heterocycles. The molecule has 4 atom stereocenters. The molecule has 4 unspecified atom stereocenters. The highest BCUT2D eigenvalue weighted by atomic mass is 15.2. The van der Waals surface area contributed by atoms with E-state index in [1.807, 2.05) is 6.08 Å². The average molecular weight is 231 g/mol. The molecule has 0 bridgehead atoms. The fourth-order valence-electron chi connectivity index (χ4n) is 3.93. The van der Waals surface area contributed by atoms with Crippen LogP contribution in [0.25, 0.3) is 0 Å². The Balaban J connectivity index is 1.95. The van der Waals surface area contributed by atoms with Crippen molar-refractivity contribution in [2.75, 3.05) is 6.54 Å². The third kappa shape index (κ3) is 2.75. The molecule has 2 heterocycles. The molecule has 1 nitrogen and oxygen atoms in total. The molecule has 0 saturated carbocycles. The van der Waals surface area contributed by atoms with Gasteiger partial charge in [-0.25, -0.2) is 0 Å². The average Bonchev–Trinajstić information content (AvgIpc) is 2.77. The van der Waals surface area contributed by atoms with Crippen molar-refractivity contribution in [1.29, 1.82) is 0 Å². The lowest BCUT2D eigenvalue weighted by Crippen LogP contribution is -2.50.